The number of hydrogen-bond donors (Lipinski definition) is 1. The van der Waals surface area contributed by atoms with Gasteiger partial charge in [0.25, 0.3) is 5.56 Å². The van der Waals surface area contributed by atoms with Crippen LogP contribution in [0.15, 0.2) is 39.8 Å². The number of aromatic amines is 1. The first-order chi connectivity index (χ1) is 11.9. The molecule has 10 heteroatoms. The van der Waals surface area contributed by atoms with Crippen molar-refractivity contribution in [2.24, 2.45) is 0 Å². The molecular formula is C15H11F3N4O3. The van der Waals surface area contributed by atoms with Crippen molar-refractivity contribution in [1.82, 2.24) is 20.1 Å². The average molecular weight is 352 g/mol. The molecular weight excluding hydrogens is 341 g/mol. The fourth-order valence-electron chi connectivity index (χ4n) is 2.19. The predicted octanol–water partition coefficient (Wildman–Crippen LogP) is 2.44. The van der Waals surface area contributed by atoms with Crippen molar-refractivity contribution in [3.8, 4) is 17.3 Å². The van der Waals surface area contributed by atoms with E-state index in [-0.39, 0.29) is 23.4 Å². The molecule has 0 saturated heterocycles. The van der Waals surface area contributed by atoms with Crippen molar-refractivity contribution in [2.75, 3.05) is 7.11 Å². The van der Waals surface area contributed by atoms with Gasteiger partial charge in [-0.25, -0.2) is 4.98 Å². The number of alkyl halides is 3. The van der Waals surface area contributed by atoms with Gasteiger partial charge in [0.05, 0.1) is 7.11 Å². The molecule has 0 aromatic carbocycles. The molecule has 0 bridgehead atoms. The van der Waals surface area contributed by atoms with Gasteiger partial charge in [-0.05, 0) is 12.1 Å². The SMILES string of the molecule is COc1cccc(Cc2c(-c3noc(C(F)(F)F)n3)cc[nH]c2=O)n1. The van der Waals surface area contributed by atoms with Crippen LogP contribution in [0.25, 0.3) is 11.4 Å². The second kappa shape index (κ2) is 6.38. The zero-order chi connectivity index (χ0) is 18.0. The van der Waals surface area contributed by atoms with Gasteiger partial charge in [-0.2, -0.15) is 18.2 Å². The maximum absolute atomic E-state index is 12.6. The summed E-state index contributed by atoms with van der Waals surface area (Å²) in [6, 6.07) is 6.39. The van der Waals surface area contributed by atoms with Crippen LogP contribution in [0.5, 0.6) is 5.88 Å². The highest BCUT2D eigenvalue weighted by Crippen LogP contribution is 2.30. The number of hydrogen-bond acceptors (Lipinski definition) is 6. The van der Waals surface area contributed by atoms with Crippen molar-refractivity contribution < 1.29 is 22.4 Å². The number of rotatable bonds is 4. The number of nitrogens with zero attached hydrogens (tertiary/aromatic N) is 3. The Morgan fingerprint density at radius 3 is 2.72 bits per heavy atom. The van der Waals surface area contributed by atoms with E-state index in [1.54, 1.807) is 18.2 Å². The molecule has 3 aromatic heterocycles. The van der Waals surface area contributed by atoms with Crippen LogP contribution in [0, 0.1) is 0 Å². The Balaban J connectivity index is 2.03. The van der Waals surface area contributed by atoms with Gasteiger partial charge in [0.2, 0.25) is 11.7 Å². The molecule has 130 valence electrons. The summed E-state index contributed by atoms with van der Waals surface area (Å²) in [6.07, 6.45) is -3.41. The summed E-state index contributed by atoms with van der Waals surface area (Å²) >= 11 is 0. The second-order valence-corrected chi connectivity index (χ2v) is 4.97. The normalized spacial score (nSPS) is 11.5. The molecule has 3 rings (SSSR count). The lowest BCUT2D eigenvalue weighted by Gasteiger charge is -2.06. The van der Waals surface area contributed by atoms with E-state index in [4.69, 9.17) is 4.74 Å². The topological polar surface area (TPSA) is 93.9 Å². The fourth-order valence-corrected chi connectivity index (χ4v) is 2.19. The molecule has 3 aromatic rings. The quantitative estimate of drug-likeness (QED) is 0.775. The molecule has 0 atom stereocenters. The Kier molecular flexibility index (Phi) is 4.26. The van der Waals surface area contributed by atoms with Crippen molar-refractivity contribution in [3.05, 3.63) is 58.0 Å². The summed E-state index contributed by atoms with van der Waals surface area (Å²) in [5, 5.41) is 3.33. The highest BCUT2D eigenvalue weighted by Gasteiger charge is 2.38. The maximum Gasteiger partial charge on any atom is 0.471 e. The van der Waals surface area contributed by atoms with Crippen LogP contribution in [-0.4, -0.2) is 27.2 Å². The van der Waals surface area contributed by atoms with Crippen LogP contribution >= 0.6 is 0 Å². The number of methoxy groups -OCH3 is 1. The number of nitrogens with one attached hydrogen (secondary N) is 1. The number of aromatic nitrogens is 4. The van der Waals surface area contributed by atoms with Gasteiger partial charge in [0.1, 0.15) is 0 Å². The van der Waals surface area contributed by atoms with E-state index in [0.29, 0.717) is 11.6 Å². The molecule has 0 aliphatic carbocycles. The third-order valence-corrected chi connectivity index (χ3v) is 3.32. The van der Waals surface area contributed by atoms with Gasteiger partial charge in [-0.1, -0.05) is 11.2 Å². The number of ether oxygens (including phenoxy) is 1. The molecule has 25 heavy (non-hydrogen) atoms. The average Bonchev–Trinajstić information content (AvgIpc) is 3.07. The summed E-state index contributed by atoms with van der Waals surface area (Å²) < 4.78 is 47.2. The van der Waals surface area contributed by atoms with Gasteiger partial charge in [-0.15, -0.1) is 0 Å². The highest BCUT2D eigenvalue weighted by atomic mass is 19.4. The molecule has 3 heterocycles. The molecule has 7 nitrogen and oxygen atoms in total. The summed E-state index contributed by atoms with van der Waals surface area (Å²) in [5.41, 5.74) is 0.308. The van der Waals surface area contributed by atoms with Crippen molar-refractivity contribution in [2.45, 2.75) is 12.6 Å². The lowest BCUT2D eigenvalue weighted by molar-refractivity contribution is -0.159. The van der Waals surface area contributed by atoms with Crippen molar-refractivity contribution in [3.63, 3.8) is 0 Å². The minimum absolute atomic E-state index is 0.0542. The van der Waals surface area contributed by atoms with E-state index in [1.165, 1.54) is 19.4 Å². The Labute approximate surface area is 138 Å². The third-order valence-electron chi connectivity index (χ3n) is 3.32. The maximum atomic E-state index is 12.6. The van der Waals surface area contributed by atoms with Gasteiger partial charge in [0, 0.05) is 35.5 Å². The van der Waals surface area contributed by atoms with Crippen LogP contribution in [0.4, 0.5) is 13.2 Å². The van der Waals surface area contributed by atoms with E-state index < -0.39 is 17.6 Å². The summed E-state index contributed by atoms with van der Waals surface area (Å²) in [5.74, 6) is -1.45. The molecule has 0 radical (unpaired) electrons. The minimum atomic E-state index is -4.76. The van der Waals surface area contributed by atoms with Crippen molar-refractivity contribution >= 4 is 0 Å². The van der Waals surface area contributed by atoms with E-state index >= 15 is 0 Å². The largest absolute Gasteiger partial charge is 0.481 e. The van der Waals surface area contributed by atoms with Crippen LogP contribution in [0.1, 0.15) is 17.1 Å². The second-order valence-electron chi connectivity index (χ2n) is 4.97. The zero-order valence-corrected chi connectivity index (χ0v) is 12.8. The number of H-pyrrole nitrogens is 1. The minimum Gasteiger partial charge on any atom is -0.481 e. The molecule has 0 spiro atoms. The molecule has 0 aliphatic rings. The predicted molar refractivity (Wildman–Crippen MR) is 79.0 cm³/mol. The first-order valence-corrected chi connectivity index (χ1v) is 7.00. The molecule has 0 aliphatic heterocycles. The monoisotopic (exact) mass is 352 g/mol. The standard InChI is InChI=1S/C15H11F3N4O3/c1-24-11-4-2-3-8(20-11)7-10-9(5-6-19-13(10)23)12-21-14(25-22-12)15(16,17)18/h2-6H,7H2,1H3,(H,19,23). The van der Waals surface area contributed by atoms with Gasteiger partial charge in [-0.3, -0.25) is 4.79 Å². The number of pyridine rings is 2. The Morgan fingerprint density at radius 2 is 2.04 bits per heavy atom. The summed E-state index contributed by atoms with van der Waals surface area (Å²) in [7, 11) is 1.45. The van der Waals surface area contributed by atoms with Crippen LogP contribution in [-0.2, 0) is 12.6 Å². The zero-order valence-electron chi connectivity index (χ0n) is 12.8. The van der Waals surface area contributed by atoms with Gasteiger partial charge < -0.3 is 14.2 Å². The molecule has 0 amide bonds. The van der Waals surface area contributed by atoms with Crippen LogP contribution in [0.3, 0.4) is 0 Å². The molecule has 0 fully saturated rings. The van der Waals surface area contributed by atoms with Crippen LogP contribution in [0.2, 0.25) is 0 Å². The molecule has 1 N–H and O–H groups in total. The third kappa shape index (κ3) is 3.52. The summed E-state index contributed by atoms with van der Waals surface area (Å²) in [4.78, 5) is 22.1. The first kappa shape index (κ1) is 16.7. The smallest absolute Gasteiger partial charge is 0.471 e. The van der Waals surface area contributed by atoms with Gasteiger partial charge in [0.15, 0.2) is 0 Å². The molecule has 0 saturated carbocycles. The Bertz CT molecular complexity index is 949. The van der Waals surface area contributed by atoms with E-state index in [0.717, 1.165) is 0 Å². The summed E-state index contributed by atoms with van der Waals surface area (Å²) in [6.45, 7) is 0. The lowest BCUT2D eigenvalue weighted by atomic mass is 10.0. The first-order valence-electron chi connectivity index (χ1n) is 7.00. The molecule has 0 unspecified atom stereocenters. The van der Waals surface area contributed by atoms with E-state index in [2.05, 4.69) is 24.6 Å². The lowest BCUT2D eigenvalue weighted by Crippen LogP contribution is -2.15. The Morgan fingerprint density at radius 1 is 1.24 bits per heavy atom. The highest BCUT2D eigenvalue weighted by molar-refractivity contribution is 5.59. The van der Waals surface area contributed by atoms with E-state index in [9.17, 15) is 18.0 Å². The fraction of sp³-hybridized carbons (Fsp3) is 0.200. The Hall–Kier alpha value is -3.17. The number of halogens is 3. The van der Waals surface area contributed by atoms with Crippen molar-refractivity contribution in [1.29, 1.82) is 0 Å². The van der Waals surface area contributed by atoms with Gasteiger partial charge >= 0.3 is 12.1 Å². The van der Waals surface area contributed by atoms with E-state index in [1.807, 2.05) is 0 Å². The van der Waals surface area contributed by atoms with Crippen LogP contribution < -0.4 is 10.3 Å².